The van der Waals surface area contributed by atoms with Crippen LogP contribution in [-0.2, 0) is 51.0 Å². The highest BCUT2D eigenvalue weighted by Gasteiger charge is 2.70. The first-order valence-electron chi connectivity index (χ1n) is 22.3. The van der Waals surface area contributed by atoms with E-state index in [-0.39, 0.29) is 37.3 Å². The molecule has 15 heteroatoms. The van der Waals surface area contributed by atoms with Gasteiger partial charge in [-0.15, -0.1) is 0 Å². The Morgan fingerprint density at radius 3 is 2.25 bits per heavy atom. The van der Waals surface area contributed by atoms with Crippen molar-refractivity contribution < 1.29 is 61.8 Å². The number of esters is 1. The molecule has 6 rings (SSSR count). The number of methoxy groups -OCH3 is 3. The first-order valence-corrected chi connectivity index (χ1v) is 22.3. The number of Topliss-reactive ketones (excluding diaryl/α,β-unsaturated/α-hetero) is 2. The number of amides is 1. The van der Waals surface area contributed by atoms with Gasteiger partial charge in [-0.2, -0.15) is 0 Å². The van der Waals surface area contributed by atoms with E-state index in [9.17, 15) is 24.3 Å². The van der Waals surface area contributed by atoms with Crippen LogP contribution in [0.5, 0.6) is 11.5 Å². The van der Waals surface area contributed by atoms with Crippen LogP contribution in [0.15, 0.2) is 42.5 Å². The summed E-state index contributed by atoms with van der Waals surface area (Å²) < 4.78 is 58.2. The number of carbonyl (C=O) groups excluding carboxylic acids is 4. The van der Waals surface area contributed by atoms with E-state index in [0.717, 1.165) is 12.8 Å². The molecule has 13 atom stereocenters. The van der Waals surface area contributed by atoms with E-state index in [0.29, 0.717) is 24.3 Å². The Bertz CT molecular complexity index is 1990. The number of halogens is 1. The predicted molar refractivity (Wildman–Crippen MR) is 229 cm³/mol. The average Bonchev–Trinajstić information content (AvgIpc) is 3.75. The first-order chi connectivity index (χ1) is 29.8. The summed E-state index contributed by atoms with van der Waals surface area (Å²) in [5.41, 5.74) is -3.01. The van der Waals surface area contributed by atoms with Gasteiger partial charge in [0.05, 0.1) is 37.9 Å². The van der Waals surface area contributed by atoms with Crippen LogP contribution in [0, 0.1) is 29.5 Å². The molecule has 0 aliphatic carbocycles. The van der Waals surface area contributed by atoms with E-state index < -0.39 is 101 Å². The van der Waals surface area contributed by atoms with Crippen molar-refractivity contribution in [1.29, 1.82) is 0 Å². The zero-order valence-electron chi connectivity index (χ0n) is 38.7. The van der Waals surface area contributed by atoms with Gasteiger partial charge in [0.15, 0.2) is 29.2 Å². The lowest BCUT2D eigenvalue weighted by Crippen LogP contribution is -2.66. The lowest BCUT2D eigenvalue weighted by atomic mass is 9.64. The Kier molecular flexibility index (Phi) is 14.7. The van der Waals surface area contributed by atoms with E-state index in [1.165, 1.54) is 39.9 Å². The molecule has 4 heterocycles. The van der Waals surface area contributed by atoms with Crippen molar-refractivity contribution in [3.63, 3.8) is 0 Å². The molecule has 1 amide bonds. The lowest BCUT2D eigenvalue weighted by molar-refractivity contribution is -0.229. The molecule has 4 fully saturated rings. The van der Waals surface area contributed by atoms with Crippen LogP contribution in [0.4, 0.5) is 9.18 Å². The van der Waals surface area contributed by atoms with Crippen LogP contribution < -0.4 is 9.47 Å². The number of aliphatic hydroxyl groups excluding tert-OH is 1. The molecular formula is C48H67FN2O12. The van der Waals surface area contributed by atoms with Crippen molar-refractivity contribution in [2.45, 2.75) is 147 Å². The molecule has 2 aromatic rings. The van der Waals surface area contributed by atoms with Crippen LogP contribution in [0.25, 0.3) is 0 Å². The van der Waals surface area contributed by atoms with Crippen molar-refractivity contribution in [1.82, 2.24) is 9.80 Å². The van der Waals surface area contributed by atoms with Crippen molar-refractivity contribution in [2.24, 2.45) is 23.7 Å². The topological polar surface area (TPSA) is 160 Å². The highest BCUT2D eigenvalue weighted by atomic mass is 19.1. The fourth-order valence-electron chi connectivity index (χ4n) is 11.1. The zero-order valence-corrected chi connectivity index (χ0v) is 38.7. The van der Waals surface area contributed by atoms with Gasteiger partial charge in [0.25, 0.3) is 0 Å². The summed E-state index contributed by atoms with van der Waals surface area (Å²) in [5, 5.41) is 11.9. The van der Waals surface area contributed by atoms with Gasteiger partial charge >= 0.3 is 12.1 Å². The molecule has 2 aromatic carbocycles. The van der Waals surface area contributed by atoms with Gasteiger partial charge in [-0.05, 0) is 78.0 Å². The average molecular weight is 883 g/mol. The lowest BCUT2D eigenvalue weighted by Gasteiger charge is -2.51. The summed E-state index contributed by atoms with van der Waals surface area (Å²) in [6, 6.07) is 11.4. The largest absolute Gasteiger partial charge is 0.493 e. The molecule has 0 radical (unpaired) electrons. The van der Waals surface area contributed by atoms with Gasteiger partial charge in [0.1, 0.15) is 35.3 Å². The maximum Gasteiger partial charge on any atom is 0.410 e. The number of ketones is 2. The second-order valence-electron chi connectivity index (χ2n) is 18.5. The number of hydrogen-bond acceptors (Lipinski definition) is 13. The third-order valence-corrected chi connectivity index (χ3v) is 14.7. The van der Waals surface area contributed by atoms with Crippen molar-refractivity contribution in [3.8, 4) is 11.5 Å². The van der Waals surface area contributed by atoms with Gasteiger partial charge < -0.3 is 43.2 Å². The Morgan fingerprint density at radius 2 is 1.62 bits per heavy atom. The van der Waals surface area contributed by atoms with Gasteiger partial charge in [-0.1, -0.05) is 58.0 Å². The number of benzene rings is 2. The van der Waals surface area contributed by atoms with Gasteiger partial charge in [0, 0.05) is 49.7 Å². The second kappa shape index (κ2) is 19.1. The fourth-order valence-corrected chi connectivity index (χ4v) is 11.1. The molecule has 2 bridgehead atoms. The molecular weight excluding hydrogens is 816 g/mol. The standard InChI is InChI=1S/C48H67FN2O12/c1-12-37-47(7)42(51(45(56)63-47)21-17-16-20-31-18-14-13-15-19-31)28(3)39(52)27(2)25-46(6,59-11)48(30(5)40(53)29(4)43(55)60-37)38-24-34(41(54)44(61-38)62-48)50(8)26-32-22-35(57-9)36(58-10)23-33(32)49/h13-15,18-19,22-23,27-30,34,37-38,41-42,44,54H,12,16-17,20-21,24-26H2,1-11H3/t27-,28+,29-,30+,34+,37?,38?,41-,42-,44+,46-,47-,48+/m1/s1. The number of carbonyl (C=O) groups is 4. The maximum absolute atomic E-state index is 15.4. The summed E-state index contributed by atoms with van der Waals surface area (Å²) in [7, 11) is 6.12. The number of rotatable bonds is 12. The molecule has 0 saturated carbocycles. The Hall–Kier alpha value is -4.15. The molecule has 0 aromatic heterocycles. The van der Waals surface area contributed by atoms with Crippen LogP contribution in [-0.4, -0.2) is 127 Å². The molecule has 2 unspecified atom stereocenters. The normalized spacial score (nSPS) is 36.3. The number of aliphatic hydroxyl groups is 1. The summed E-state index contributed by atoms with van der Waals surface area (Å²) in [5.74, 6) is -5.35. The minimum atomic E-state index is -1.64. The summed E-state index contributed by atoms with van der Waals surface area (Å²) in [6.07, 6.45) is -2.33. The molecule has 348 valence electrons. The molecule has 4 aliphatic rings. The van der Waals surface area contributed by atoms with Crippen LogP contribution in [0.2, 0.25) is 0 Å². The first kappa shape index (κ1) is 48.3. The summed E-state index contributed by atoms with van der Waals surface area (Å²) in [6.45, 7) is 12.4. The van der Waals surface area contributed by atoms with E-state index in [1.54, 1.807) is 57.5 Å². The highest BCUT2D eigenvalue weighted by molar-refractivity contribution is 6.00. The summed E-state index contributed by atoms with van der Waals surface area (Å²) >= 11 is 0. The number of unbranched alkanes of at least 4 members (excludes halogenated alkanes) is 1. The van der Waals surface area contributed by atoms with Crippen LogP contribution in [0.3, 0.4) is 0 Å². The third kappa shape index (κ3) is 8.72. The van der Waals surface area contributed by atoms with Crippen LogP contribution in [0.1, 0.15) is 91.7 Å². The van der Waals surface area contributed by atoms with Crippen molar-refractivity contribution in [2.75, 3.05) is 34.9 Å². The van der Waals surface area contributed by atoms with Gasteiger partial charge in [-0.25, -0.2) is 9.18 Å². The quantitative estimate of drug-likeness (QED) is 0.144. The molecule has 4 saturated heterocycles. The van der Waals surface area contributed by atoms with Gasteiger partial charge in [-0.3, -0.25) is 19.3 Å². The molecule has 14 nitrogen and oxygen atoms in total. The minimum absolute atomic E-state index is 0.0513. The second-order valence-corrected chi connectivity index (χ2v) is 18.5. The molecule has 63 heavy (non-hydrogen) atoms. The zero-order chi connectivity index (χ0) is 46.2. The van der Waals surface area contributed by atoms with E-state index in [4.69, 9.17) is 33.2 Å². The van der Waals surface area contributed by atoms with Crippen molar-refractivity contribution in [3.05, 3.63) is 59.4 Å². The fraction of sp³-hybridized carbons (Fsp3) is 0.667. The Morgan fingerprint density at radius 1 is 0.952 bits per heavy atom. The van der Waals surface area contributed by atoms with E-state index >= 15 is 4.39 Å². The molecule has 1 spiro atoms. The Balaban J connectivity index is 1.35. The SMILES string of the molecule is CCC1OC(=O)[C@H](C)C(=O)[C@H](C)[C@@]2(O[C@@H]3OC2C[C@H](N(C)Cc2cc(OC)c(OC)cc2F)[C@H]3O)[C@](C)(OC)C[C@@H](C)C(=O)[C@H](C)[C@H]2N(CCCCc3ccccc3)C(=O)O[C@]12C. The number of fused-ring (bicyclic) bond motifs is 4. The monoisotopic (exact) mass is 882 g/mol. The number of hydrogen-bond donors (Lipinski definition) is 1. The maximum atomic E-state index is 15.4. The number of cyclic esters (lactones) is 1. The number of aryl methyl sites for hydroxylation is 1. The number of ether oxygens (including phenoxy) is 7. The predicted octanol–water partition coefficient (Wildman–Crippen LogP) is 6.30. The van der Waals surface area contributed by atoms with Crippen molar-refractivity contribution >= 4 is 23.6 Å². The van der Waals surface area contributed by atoms with E-state index in [1.807, 2.05) is 25.1 Å². The number of likely N-dealkylation sites (N-methyl/N-ethyl adjacent to an activating group) is 1. The minimum Gasteiger partial charge on any atom is -0.493 e. The van der Waals surface area contributed by atoms with Crippen LogP contribution >= 0.6 is 0 Å². The highest BCUT2D eigenvalue weighted by Crippen LogP contribution is 2.54. The van der Waals surface area contributed by atoms with Gasteiger partial charge in [0.2, 0.25) is 0 Å². The smallest absolute Gasteiger partial charge is 0.410 e. The number of nitrogens with zero attached hydrogens (tertiary/aromatic N) is 2. The molecule has 1 N–H and O–H groups in total. The Labute approximate surface area is 371 Å². The summed E-state index contributed by atoms with van der Waals surface area (Å²) in [4.78, 5) is 61.3. The molecule has 4 aliphatic heterocycles. The third-order valence-electron chi connectivity index (χ3n) is 14.7. The van der Waals surface area contributed by atoms with E-state index in [2.05, 4.69) is 12.1 Å².